The van der Waals surface area contributed by atoms with Gasteiger partial charge in [-0.1, -0.05) is 88.0 Å². The Balaban J connectivity index is 1.70. The molecular formula is C32H34. The van der Waals surface area contributed by atoms with Crippen LogP contribution in [0.3, 0.4) is 0 Å². The van der Waals surface area contributed by atoms with Gasteiger partial charge in [-0.3, -0.25) is 0 Å². The molecule has 162 valence electrons. The maximum Gasteiger partial charge on any atom is 0.0281 e. The third kappa shape index (κ3) is 7.18. The molecule has 0 spiro atoms. The summed E-state index contributed by atoms with van der Waals surface area (Å²) in [6, 6.07) is 23.7. The van der Waals surface area contributed by atoms with Crippen molar-refractivity contribution in [1.29, 1.82) is 0 Å². The molecule has 0 saturated heterocycles. The fraction of sp³-hybridized carbons (Fsp3) is 0.312. The summed E-state index contributed by atoms with van der Waals surface area (Å²) in [6.45, 7) is 6.63. The summed E-state index contributed by atoms with van der Waals surface area (Å²) in [5.41, 5.74) is 8.29. The highest BCUT2D eigenvalue weighted by atomic mass is 14.0. The summed E-state index contributed by atoms with van der Waals surface area (Å²) in [5, 5.41) is 0. The number of unbranched alkanes of at least 4 members (excludes halogenated alkanes) is 2. The van der Waals surface area contributed by atoms with E-state index in [-0.39, 0.29) is 0 Å². The van der Waals surface area contributed by atoms with Crippen molar-refractivity contribution in [2.24, 2.45) is 0 Å². The van der Waals surface area contributed by atoms with E-state index in [2.05, 4.69) is 111 Å². The molecule has 0 heterocycles. The highest BCUT2D eigenvalue weighted by Gasteiger charge is 2.00. The van der Waals surface area contributed by atoms with Gasteiger partial charge in [0.15, 0.2) is 0 Å². The summed E-state index contributed by atoms with van der Waals surface area (Å²) in [7, 11) is 0. The molecule has 0 radical (unpaired) electrons. The van der Waals surface area contributed by atoms with Crippen molar-refractivity contribution >= 4 is 0 Å². The molecule has 0 nitrogen and oxygen atoms in total. The Morgan fingerprint density at radius 3 is 1.69 bits per heavy atom. The monoisotopic (exact) mass is 418 g/mol. The molecule has 0 amide bonds. The lowest BCUT2D eigenvalue weighted by Gasteiger charge is -2.03. The van der Waals surface area contributed by atoms with Gasteiger partial charge in [0.2, 0.25) is 0 Å². The molecule has 0 unspecified atom stereocenters. The Bertz CT molecular complexity index is 1110. The van der Waals surface area contributed by atoms with Crippen LogP contribution in [0, 0.1) is 23.7 Å². The van der Waals surface area contributed by atoms with E-state index in [0.29, 0.717) is 0 Å². The molecule has 0 fully saturated rings. The second-order valence-electron chi connectivity index (χ2n) is 8.33. The minimum atomic E-state index is 0.946. The number of aryl methyl sites for hydroxylation is 3. The standard InChI is InChI=1S/C32H34/c1-4-7-8-10-27-13-17-29(18-14-27)21-23-32-24-22-30(25-31(32)6-3)20-19-28-15-11-26(9-5-2)12-16-28/h11-18,22,24-25H,4-10H2,1-3H3. The van der Waals surface area contributed by atoms with Crippen LogP contribution in [0.2, 0.25) is 0 Å². The van der Waals surface area contributed by atoms with Gasteiger partial charge >= 0.3 is 0 Å². The third-order valence-corrected chi connectivity index (χ3v) is 5.69. The van der Waals surface area contributed by atoms with Gasteiger partial charge in [0, 0.05) is 22.3 Å². The lowest BCUT2D eigenvalue weighted by atomic mass is 10.0. The Morgan fingerprint density at radius 1 is 0.531 bits per heavy atom. The predicted octanol–water partition coefficient (Wildman–Crippen LogP) is 7.73. The lowest BCUT2D eigenvalue weighted by Crippen LogP contribution is -1.90. The number of benzene rings is 3. The van der Waals surface area contributed by atoms with E-state index in [4.69, 9.17) is 0 Å². The van der Waals surface area contributed by atoms with Crippen LogP contribution in [0.15, 0.2) is 66.7 Å². The largest absolute Gasteiger partial charge is 0.0654 e. The van der Waals surface area contributed by atoms with E-state index in [1.54, 1.807) is 0 Å². The molecule has 3 aromatic rings. The molecule has 0 N–H and O–H groups in total. The Kier molecular flexibility index (Phi) is 9.22. The molecule has 32 heavy (non-hydrogen) atoms. The normalized spacial score (nSPS) is 10.1. The Labute approximate surface area is 195 Å². The van der Waals surface area contributed by atoms with Gasteiger partial charge in [-0.25, -0.2) is 0 Å². The van der Waals surface area contributed by atoms with E-state index < -0.39 is 0 Å². The molecule has 0 bridgehead atoms. The Hall–Kier alpha value is -3.22. The number of rotatable bonds is 7. The first-order valence-corrected chi connectivity index (χ1v) is 12.1. The van der Waals surface area contributed by atoms with Gasteiger partial charge in [-0.05, 0) is 84.8 Å². The van der Waals surface area contributed by atoms with Crippen molar-refractivity contribution in [3.63, 3.8) is 0 Å². The fourth-order valence-electron chi connectivity index (χ4n) is 3.75. The van der Waals surface area contributed by atoms with E-state index in [9.17, 15) is 0 Å². The van der Waals surface area contributed by atoms with Crippen molar-refractivity contribution < 1.29 is 0 Å². The van der Waals surface area contributed by atoms with Gasteiger partial charge in [-0.2, -0.15) is 0 Å². The van der Waals surface area contributed by atoms with Crippen LogP contribution in [0.4, 0.5) is 0 Å². The van der Waals surface area contributed by atoms with E-state index in [1.165, 1.54) is 42.4 Å². The molecule has 0 aliphatic rings. The molecule has 0 saturated carbocycles. The first-order valence-electron chi connectivity index (χ1n) is 12.1. The van der Waals surface area contributed by atoms with Gasteiger partial charge < -0.3 is 0 Å². The molecular weight excluding hydrogens is 384 g/mol. The van der Waals surface area contributed by atoms with Crippen molar-refractivity contribution in [2.75, 3.05) is 0 Å². The zero-order valence-electron chi connectivity index (χ0n) is 19.8. The average Bonchev–Trinajstić information content (AvgIpc) is 2.83. The Morgan fingerprint density at radius 2 is 1.09 bits per heavy atom. The average molecular weight is 419 g/mol. The van der Waals surface area contributed by atoms with Gasteiger partial charge in [-0.15, -0.1) is 0 Å². The SMILES string of the molecule is CCCCCc1ccc(C#Cc2ccc(C#Cc3ccc(CCC)cc3)cc2CC)cc1. The van der Waals surface area contributed by atoms with Crippen molar-refractivity contribution in [3.8, 4) is 23.7 Å². The topological polar surface area (TPSA) is 0 Å². The van der Waals surface area contributed by atoms with Gasteiger partial charge in [0.05, 0.1) is 0 Å². The second kappa shape index (κ2) is 12.6. The van der Waals surface area contributed by atoms with Crippen LogP contribution in [-0.4, -0.2) is 0 Å². The molecule has 0 heteroatoms. The number of hydrogen-bond donors (Lipinski definition) is 0. The lowest BCUT2D eigenvalue weighted by molar-refractivity contribution is 0.717. The van der Waals surface area contributed by atoms with Gasteiger partial charge in [0.1, 0.15) is 0 Å². The summed E-state index contributed by atoms with van der Waals surface area (Å²) in [4.78, 5) is 0. The van der Waals surface area contributed by atoms with Crippen LogP contribution < -0.4 is 0 Å². The van der Waals surface area contributed by atoms with E-state index in [0.717, 1.165) is 41.5 Å². The minimum absolute atomic E-state index is 0.946. The van der Waals surface area contributed by atoms with Crippen LogP contribution in [0.5, 0.6) is 0 Å². The summed E-state index contributed by atoms with van der Waals surface area (Å²) < 4.78 is 0. The predicted molar refractivity (Wildman–Crippen MR) is 138 cm³/mol. The summed E-state index contributed by atoms with van der Waals surface area (Å²) >= 11 is 0. The molecule has 3 rings (SSSR count). The van der Waals surface area contributed by atoms with E-state index in [1.807, 2.05) is 0 Å². The zero-order valence-corrected chi connectivity index (χ0v) is 19.8. The quantitative estimate of drug-likeness (QED) is 0.272. The smallest absolute Gasteiger partial charge is 0.0281 e. The highest BCUT2D eigenvalue weighted by molar-refractivity contribution is 5.52. The van der Waals surface area contributed by atoms with E-state index >= 15 is 0 Å². The molecule has 0 aromatic heterocycles. The number of hydrogen-bond acceptors (Lipinski definition) is 0. The van der Waals surface area contributed by atoms with Crippen molar-refractivity contribution in [1.82, 2.24) is 0 Å². The maximum absolute atomic E-state index is 3.37. The van der Waals surface area contributed by atoms with Crippen LogP contribution in [0.1, 0.15) is 85.4 Å². The summed E-state index contributed by atoms with van der Waals surface area (Å²) in [6.07, 6.45) is 8.23. The van der Waals surface area contributed by atoms with Crippen LogP contribution >= 0.6 is 0 Å². The minimum Gasteiger partial charge on any atom is -0.0654 e. The third-order valence-electron chi connectivity index (χ3n) is 5.69. The highest BCUT2D eigenvalue weighted by Crippen LogP contribution is 2.13. The molecule has 0 aliphatic carbocycles. The zero-order chi connectivity index (χ0) is 22.6. The second-order valence-corrected chi connectivity index (χ2v) is 8.33. The first kappa shape index (κ1) is 23.4. The van der Waals surface area contributed by atoms with Crippen molar-refractivity contribution in [2.45, 2.75) is 65.7 Å². The maximum atomic E-state index is 3.37. The molecule has 0 atom stereocenters. The molecule has 0 aliphatic heterocycles. The van der Waals surface area contributed by atoms with Crippen molar-refractivity contribution in [3.05, 3.63) is 106 Å². The molecule has 3 aromatic carbocycles. The van der Waals surface area contributed by atoms with Crippen LogP contribution in [-0.2, 0) is 19.3 Å². The van der Waals surface area contributed by atoms with Crippen LogP contribution in [0.25, 0.3) is 0 Å². The first-order chi connectivity index (χ1) is 15.7. The van der Waals surface area contributed by atoms with Gasteiger partial charge in [0.25, 0.3) is 0 Å². The summed E-state index contributed by atoms with van der Waals surface area (Å²) in [5.74, 6) is 13.3. The fourth-order valence-corrected chi connectivity index (χ4v) is 3.75.